The van der Waals surface area contributed by atoms with Crippen LogP contribution in [0.4, 0.5) is 0 Å². The molecule has 0 amide bonds. The highest BCUT2D eigenvalue weighted by Crippen LogP contribution is 2.27. The van der Waals surface area contributed by atoms with Crippen LogP contribution in [0.1, 0.15) is 0 Å². The van der Waals surface area contributed by atoms with E-state index in [4.69, 9.17) is 27.9 Å². The summed E-state index contributed by atoms with van der Waals surface area (Å²) < 4.78 is 7.14. The molecule has 0 aliphatic heterocycles. The second-order valence-electron chi connectivity index (χ2n) is 4.09. The summed E-state index contributed by atoms with van der Waals surface area (Å²) in [4.78, 5) is 4.56. The quantitative estimate of drug-likeness (QED) is 0.703. The molecule has 5 heteroatoms. The average molecular weight is 293 g/mol. The van der Waals surface area contributed by atoms with Gasteiger partial charge in [0.25, 0.3) is 0 Å². The minimum Gasteiger partial charge on any atom is -0.493 e. The van der Waals surface area contributed by atoms with Crippen molar-refractivity contribution in [3.63, 3.8) is 0 Å². The lowest BCUT2D eigenvalue weighted by Crippen LogP contribution is -1.89. The Hall–Kier alpha value is -1.71. The molecule has 0 radical (unpaired) electrons. The van der Waals surface area contributed by atoms with Gasteiger partial charge < -0.3 is 9.14 Å². The van der Waals surface area contributed by atoms with Crippen molar-refractivity contribution >= 4 is 28.8 Å². The van der Waals surface area contributed by atoms with Crippen LogP contribution < -0.4 is 4.74 Å². The molecule has 0 saturated heterocycles. The zero-order chi connectivity index (χ0) is 13.4. The molecule has 2 heterocycles. The Labute approximate surface area is 120 Å². The molecule has 3 rings (SSSR count). The Balaban J connectivity index is 2.18. The fourth-order valence-electron chi connectivity index (χ4n) is 1.94. The normalized spacial score (nSPS) is 10.9. The smallest absolute Gasteiger partial charge is 0.180 e. The lowest BCUT2D eigenvalue weighted by Gasteiger charge is -2.02. The first-order valence-corrected chi connectivity index (χ1v) is 6.41. The van der Waals surface area contributed by atoms with E-state index < -0.39 is 0 Å². The summed E-state index contributed by atoms with van der Waals surface area (Å²) in [5.74, 6) is 0.646. The summed E-state index contributed by atoms with van der Waals surface area (Å²) in [5, 5.41) is 1.30. The molecule has 0 aliphatic rings. The lowest BCUT2D eigenvalue weighted by molar-refractivity contribution is 0.417. The summed E-state index contributed by atoms with van der Waals surface area (Å²) in [6, 6.07) is 9.28. The topological polar surface area (TPSA) is 26.5 Å². The van der Waals surface area contributed by atoms with E-state index in [0.717, 1.165) is 16.9 Å². The third-order valence-electron chi connectivity index (χ3n) is 2.84. The minimum atomic E-state index is 0.601. The maximum absolute atomic E-state index is 6.03. The first-order chi connectivity index (χ1) is 9.17. The Bertz CT molecular complexity index is 735. The van der Waals surface area contributed by atoms with Crippen molar-refractivity contribution in [2.75, 3.05) is 7.11 Å². The maximum Gasteiger partial charge on any atom is 0.180 e. The van der Waals surface area contributed by atoms with Crippen molar-refractivity contribution in [1.29, 1.82) is 0 Å². The maximum atomic E-state index is 6.03. The number of aromatic nitrogens is 2. The Morgan fingerprint density at radius 3 is 2.47 bits per heavy atom. The Kier molecular flexibility index (Phi) is 3.09. The van der Waals surface area contributed by atoms with E-state index in [-0.39, 0.29) is 0 Å². The number of ether oxygens (including phenoxy) is 1. The van der Waals surface area contributed by atoms with E-state index in [1.807, 2.05) is 34.9 Å². The van der Waals surface area contributed by atoms with E-state index in [1.165, 1.54) is 0 Å². The van der Waals surface area contributed by atoms with Crippen molar-refractivity contribution in [3.05, 3.63) is 52.8 Å². The van der Waals surface area contributed by atoms with Crippen LogP contribution in [0.3, 0.4) is 0 Å². The molecule has 0 bridgehead atoms. The third-order valence-corrected chi connectivity index (χ3v) is 3.30. The van der Waals surface area contributed by atoms with Gasteiger partial charge in [0.15, 0.2) is 11.4 Å². The molecule has 3 aromatic rings. The molecule has 3 nitrogen and oxygen atoms in total. The highest BCUT2D eigenvalue weighted by atomic mass is 35.5. The standard InChI is InChI=1S/C14H10Cl2N2O/c1-19-13-6-11(16)7-18-8-12(17-14(13)18)9-2-4-10(15)5-3-9/h2-8H,1H3. The second-order valence-corrected chi connectivity index (χ2v) is 4.96. The average Bonchev–Trinajstić information content (AvgIpc) is 2.82. The van der Waals surface area contributed by atoms with E-state index in [1.54, 1.807) is 19.4 Å². The number of halogens is 2. The van der Waals surface area contributed by atoms with Gasteiger partial charge in [-0.05, 0) is 12.1 Å². The number of hydrogen-bond donors (Lipinski definition) is 0. The molecule has 0 fully saturated rings. The molecule has 1 aromatic carbocycles. The summed E-state index contributed by atoms with van der Waals surface area (Å²) in [6.07, 6.45) is 3.71. The van der Waals surface area contributed by atoms with Crippen LogP contribution in [-0.2, 0) is 0 Å². The SMILES string of the molecule is COc1cc(Cl)cn2cc(-c3ccc(Cl)cc3)nc12. The van der Waals surface area contributed by atoms with Gasteiger partial charge >= 0.3 is 0 Å². The van der Waals surface area contributed by atoms with Gasteiger partial charge in [-0.3, -0.25) is 0 Å². The first-order valence-electron chi connectivity index (χ1n) is 5.65. The molecule has 19 heavy (non-hydrogen) atoms. The van der Waals surface area contributed by atoms with Crippen LogP contribution in [0.15, 0.2) is 42.7 Å². The number of fused-ring (bicyclic) bond motifs is 1. The van der Waals surface area contributed by atoms with Gasteiger partial charge in [-0.15, -0.1) is 0 Å². The molecule has 0 spiro atoms. The number of benzene rings is 1. The molecular formula is C14H10Cl2N2O. The van der Waals surface area contributed by atoms with Crippen LogP contribution in [0.5, 0.6) is 5.75 Å². The number of hydrogen-bond acceptors (Lipinski definition) is 2. The first kappa shape index (κ1) is 12.3. The monoisotopic (exact) mass is 292 g/mol. The fourth-order valence-corrected chi connectivity index (χ4v) is 2.27. The predicted octanol–water partition coefficient (Wildman–Crippen LogP) is 4.32. The zero-order valence-corrected chi connectivity index (χ0v) is 11.6. The zero-order valence-electron chi connectivity index (χ0n) is 10.1. The third kappa shape index (κ3) is 2.27. The number of pyridine rings is 1. The van der Waals surface area contributed by atoms with Gasteiger partial charge in [-0.2, -0.15) is 0 Å². The summed E-state index contributed by atoms with van der Waals surface area (Å²) in [7, 11) is 1.60. The number of rotatable bonds is 2. The molecule has 0 N–H and O–H groups in total. The molecule has 0 atom stereocenters. The number of imidazole rings is 1. The molecule has 0 aliphatic carbocycles. The molecule has 0 unspecified atom stereocenters. The fraction of sp³-hybridized carbons (Fsp3) is 0.0714. The summed E-state index contributed by atoms with van der Waals surface area (Å²) in [5.41, 5.74) is 2.57. The number of methoxy groups -OCH3 is 1. The molecular weight excluding hydrogens is 283 g/mol. The van der Waals surface area contributed by atoms with Crippen molar-refractivity contribution in [2.24, 2.45) is 0 Å². The van der Waals surface area contributed by atoms with E-state index in [9.17, 15) is 0 Å². The Morgan fingerprint density at radius 1 is 1.05 bits per heavy atom. The van der Waals surface area contributed by atoms with Crippen molar-refractivity contribution < 1.29 is 4.74 Å². The summed E-state index contributed by atoms with van der Waals surface area (Å²) in [6.45, 7) is 0. The van der Waals surface area contributed by atoms with Crippen LogP contribution in [-0.4, -0.2) is 16.5 Å². The van der Waals surface area contributed by atoms with Gasteiger partial charge in [0.2, 0.25) is 0 Å². The second kappa shape index (κ2) is 4.76. The largest absolute Gasteiger partial charge is 0.493 e. The highest BCUT2D eigenvalue weighted by molar-refractivity contribution is 6.31. The van der Waals surface area contributed by atoms with Gasteiger partial charge in [-0.1, -0.05) is 35.3 Å². The Morgan fingerprint density at radius 2 is 1.79 bits per heavy atom. The molecule has 96 valence electrons. The van der Waals surface area contributed by atoms with Crippen molar-refractivity contribution in [2.45, 2.75) is 0 Å². The van der Waals surface area contributed by atoms with Crippen molar-refractivity contribution in [3.8, 4) is 17.0 Å². The minimum absolute atomic E-state index is 0.601. The lowest BCUT2D eigenvalue weighted by atomic mass is 10.2. The van der Waals surface area contributed by atoms with Crippen LogP contribution in [0, 0.1) is 0 Å². The van der Waals surface area contributed by atoms with Crippen molar-refractivity contribution in [1.82, 2.24) is 9.38 Å². The van der Waals surface area contributed by atoms with Crippen LogP contribution >= 0.6 is 23.2 Å². The van der Waals surface area contributed by atoms with E-state index in [2.05, 4.69) is 4.98 Å². The summed E-state index contributed by atoms with van der Waals surface area (Å²) >= 11 is 11.9. The highest BCUT2D eigenvalue weighted by Gasteiger charge is 2.09. The van der Waals surface area contributed by atoms with Crippen LogP contribution in [0.25, 0.3) is 16.9 Å². The molecule has 2 aromatic heterocycles. The van der Waals surface area contributed by atoms with Gasteiger partial charge in [-0.25, -0.2) is 4.98 Å². The van der Waals surface area contributed by atoms with Gasteiger partial charge in [0, 0.05) is 29.0 Å². The number of nitrogens with zero attached hydrogens (tertiary/aromatic N) is 2. The van der Waals surface area contributed by atoms with Gasteiger partial charge in [0.05, 0.1) is 17.8 Å². The van der Waals surface area contributed by atoms with E-state index >= 15 is 0 Å². The predicted molar refractivity (Wildman–Crippen MR) is 77.2 cm³/mol. The van der Waals surface area contributed by atoms with Crippen LogP contribution in [0.2, 0.25) is 10.0 Å². The van der Waals surface area contributed by atoms with Gasteiger partial charge in [0.1, 0.15) is 0 Å². The molecule has 0 saturated carbocycles. The van der Waals surface area contributed by atoms with E-state index in [0.29, 0.717) is 15.8 Å².